The van der Waals surface area contributed by atoms with Gasteiger partial charge in [0.25, 0.3) is 0 Å². The van der Waals surface area contributed by atoms with E-state index in [2.05, 4.69) is 29.2 Å². The molecular weight excluding hydrogens is 248 g/mol. The Morgan fingerprint density at radius 2 is 1.80 bits per heavy atom. The van der Waals surface area contributed by atoms with Crippen LogP contribution in [-0.2, 0) is 13.1 Å². The van der Waals surface area contributed by atoms with E-state index in [0.29, 0.717) is 17.5 Å². The third-order valence-electron chi connectivity index (χ3n) is 3.77. The van der Waals surface area contributed by atoms with Gasteiger partial charge in [-0.3, -0.25) is 4.90 Å². The van der Waals surface area contributed by atoms with E-state index in [4.69, 9.17) is 5.73 Å². The first-order valence-corrected chi connectivity index (χ1v) is 7.08. The van der Waals surface area contributed by atoms with Gasteiger partial charge in [-0.05, 0) is 36.6 Å². The fourth-order valence-electron chi connectivity index (χ4n) is 2.52. The van der Waals surface area contributed by atoms with Gasteiger partial charge in [-0.15, -0.1) is 0 Å². The van der Waals surface area contributed by atoms with E-state index in [9.17, 15) is 5.11 Å². The smallest absolute Gasteiger partial charge is 0.120 e. The van der Waals surface area contributed by atoms with Crippen molar-refractivity contribution >= 4 is 5.69 Å². The van der Waals surface area contributed by atoms with E-state index >= 15 is 0 Å². The molecule has 1 fully saturated rings. The number of aromatic hydroxyl groups is 1. The molecule has 0 bridgehead atoms. The number of nitrogen functional groups attached to an aromatic ring is 1. The van der Waals surface area contributed by atoms with Crippen molar-refractivity contribution in [2.45, 2.75) is 32.0 Å². The molecule has 3 heteroatoms. The molecule has 3 nitrogen and oxygen atoms in total. The average Bonchev–Trinajstić information content (AvgIpc) is 3.28. The summed E-state index contributed by atoms with van der Waals surface area (Å²) in [7, 11) is 0. The molecule has 104 valence electrons. The summed E-state index contributed by atoms with van der Waals surface area (Å²) >= 11 is 0. The predicted octanol–water partition coefficient (Wildman–Crippen LogP) is 3.14. The van der Waals surface area contributed by atoms with Gasteiger partial charge >= 0.3 is 0 Å². The highest BCUT2D eigenvalue weighted by atomic mass is 16.3. The number of phenols is 1. The van der Waals surface area contributed by atoms with Crippen molar-refractivity contribution in [2.24, 2.45) is 0 Å². The first kappa shape index (κ1) is 13.0. The lowest BCUT2D eigenvalue weighted by Crippen LogP contribution is -2.25. The molecule has 0 unspecified atom stereocenters. The molecule has 20 heavy (non-hydrogen) atoms. The molecule has 1 saturated carbocycles. The standard InChI is InChI=1S/C17H20N2O/c18-15-6-9-17(20)14(10-15)12-19(16-7-8-16)11-13-4-2-1-3-5-13/h1-6,9-10,16,20H,7-8,11-12,18H2. The molecule has 0 radical (unpaired) electrons. The maximum atomic E-state index is 9.97. The zero-order chi connectivity index (χ0) is 13.9. The molecule has 3 rings (SSSR count). The monoisotopic (exact) mass is 268 g/mol. The molecule has 0 heterocycles. The minimum Gasteiger partial charge on any atom is -0.508 e. The molecular formula is C17H20N2O. The lowest BCUT2D eigenvalue weighted by molar-refractivity contribution is 0.242. The minimum atomic E-state index is 0.331. The van der Waals surface area contributed by atoms with Crippen LogP contribution in [0.3, 0.4) is 0 Å². The second-order valence-electron chi connectivity index (χ2n) is 5.51. The number of phenolic OH excluding ortho intramolecular Hbond substituents is 1. The van der Waals surface area contributed by atoms with Crippen molar-refractivity contribution in [1.82, 2.24) is 4.90 Å². The quantitative estimate of drug-likeness (QED) is 0.647. The topological polar surface area (TPSA) is 49.5 Å². The molecule has 1 aliphatic carbocycles. The highest BCUT2D eigenvalue weighted by molar-refractivity contribution is 5.47. The van der Waals surface area contributed by atoms with Crippen LogP contribution in [0.2, 0.25) is 0 Å². The van der Waals surface area contributed by atoms with Crippen LogP contribution in [0, 0.1) is 0 Å². The summed E-state index contributed by atoms with van der Waals surface area (Å²) in [6.45, 7) is 1.66. The molecule has 3 N–H and O–H groups in total. The van der Waals surface area contributed by atoms with Gasteiger partial charge in [0.1, 0.15) is 5.75 Å². The van der Waals surface area contributed by atoms with Gasteiger partial charge < -0.3 is 10.8 Å². The predicted molar refractivity (Wildman–Crippen MR) is 81.2 cm³/mol. The Kier molecular flexibility index (Phi) is 3.61. The fourth-order valence-corrected chi connectivity index (χ4v) is 2.52. The molecule has 0 amide bonds. The first-order valence-electron chi connectivity index (χ1n) is 7.08. The summed E-state index contributed by atoms with van der Waals surface area (Å²) in [5.74, 6) is 0.331. The lowest BCUT2D eigenvalue weighted by atomic mass is 10.1. The highest BCUT2D eigenvalue weighted by Crippen LogP contribution is 2.32. The second-order valence-corrected chi connectivity index (χ2v) is 5.51. The number of hydrogen-bond acceptors (Lipinski definition) is 3. The summed E-state index contributed by atoms with van der Waals surface area (Å²) in [5, 5.41) is 9.97. The summed E-state index contributed by atoms with van der Waals surface area (Å²) < 4.78 is 0. The Labute approximate surface area is 119 Å². The van der Waals surface area contributed by atoms with E-state index < -0.39 is 0 Å². The second kappa shape index (κ2) is 5.55. The van der Waals surface area contributed by atoms with Crippen LogP contribution in [0.4, 0.5) is 5.69 Å². The van der Waals surface area contributed by atoms with E-state index in [0.717, 1.165) is 18.7 Å². The van der Waals surface area contributed by atoms with Crippen LogP contribution in [0.5, 0.6) is 5.75 Å². The Morgan fingerprint density at radius 1 is 1.05 bits per heavy atom. The zero-order valence-electron chi connectivity index (χ0n) is 11.5. The van der Waals surface area contributed by atoms with Crippen LogP contribution in [-0.4, -0.2) is 16.0 Å². The third kappa shape index (κ3) is 3.11. The van der Waals surface area contributed by atoms with E-state index in [1.165, 1.54) is 18.4 Å². The number of nitrogens with two attached hydrogens (primary N) is 1. The normalized spacial score (nSPS) is 14.7. The number of rotatable bonds is 5. The molecule has 0 aromatic heterocycles. The molecule has 2 aromatic carbocycles. The Morgan fingerprint density at radius 3 is 2.50 bits per heavy atom. The summed E-state index contributed by atoms with van der Waals surface area (Å²) in [4.78, 5) is 2.42. The number of anilines is 1. The van der Waals surface area contributed by atoms with Gasteiger partial charge in [-0.1, -0.05) is 30.3 Å². The maximum Gasteiger partial charge on any atom is 0.120 e. The van der Waals surface area contributed by atoms with Crippen LogP contribution >= 0.6 is 0 Å². The van der Waals surface area contributed by atoms with Crippen molar-refractivity contribution in [2.75, 3.05) is 5.73 Å². The van der Waals surface area contributed by atoms with Crippen molar-refractivity contribution < 1.29 is 5.11 Å². The van der Waals surface area contributed by atoms with Crippen molar-refractivity contribution in [1.29, 1.82) is 0 Å². The minimum absolute atomic E-state index is 0.331. The third-order valence-corrected chi connectivity index (χ3v) is 3.77. The van der Waals surface area contributed by atoms with Gasteiger partial charge in [0.2, 0.25) is 0 Å². The maximum absolute atomic E-state index is 9.97. The molecule has 2 aromatic rings. The molecule has 1 aliphatic rings. The number of benzene rings is 2. The van der Waals surface area contributed by atoms with Crippen molar-refractivity contribution in [3.63, 3.8) is 0 Å². The zero-order valence-corrected chi connectivity index (χ0v) is 11.5. The fraction of sp³-hybridized carbons (Fsp3) is 0.294. The SMILES string of the molecule is Nc1ccc(O)c(CN(Cc2ccccc2)C2CC2)c1. The van der Waals surface area contributed by atoms with Gasteiger partial charge in [-0.25, -0.2) is 0 Å². The highest BCUT2D eigenvalue weighted by Gasteiger charge is 2.29. The van der Waals surface area contributed by atoms with Crippen LogP contribution in [0.1, 0.15) is 24.0 Å². The lowest BCUT2D eigenvalue weighted by Gasteiger charge is -2.23. The Bertz CT molecular complexity index is 579. The number of nitrogens with zero attached hydrogens (tertiary/aromatic N) is 1. The van der Waals surface area contributed by atoms with Gasteiger partial charge in [0.05, 0.1) is 0 Å². The van der Waals surface area contributed by atoms with Crippen LogP contribution < -0.4 is 5.73 Å². The largest absolute Gasteiger partial charge is 0.508 e. The van der Waals surface area contributed by atoms with Crippen LogP contribution in [0.15, 0.2) is 48.5 Å². The van der Waals surface area contributed by atoms with Gasteiger partial charge in [0, 0.05) is 30.4 Å². The van der Waals surface area contributed by atoms with Crippen molar-refractivity contribution in [3.8, 4) is 5.75 Å². The van der Waals surface area contributed by atoms with E-state index in [-0.39, 0.29) is 0 Å². The summed E-state index contributed by atoms with van der Waals surface area (Å²) in [6, 6.07) is 16.4. The van der Waals surface area contributed by atoms with E-state index in [1.807, 2.05) is 12.1 Å². The van der Waals surface area contributed by atoms with E-state index in [1.54, 1.807) is 12.1 Å². The van der Waals surface area contributed by atoms with Crippen LogP contribution in [0.25, 0.3) is 0 Å². The van der Waals surface area contributed by atoms with Gasteiger partial charge in [0.15, 0.2) is 0 Å². The van der Waals surface area contributed by atoms with Crippen molar-refractivity contribution in [3.05, 3.63) is 59.7 Å². The molecule has 0 atom stereocenters. The number of hydrogen-bond donors (Lipinski definition) is 2. The molecule has 0 saturated heterocycles. The molecule has 0 spiro atoms. The Hall–Kier alpha value is -2.00. The first-order chi connectivity index (χ1) is 9.72. The summed E-state index contributed by atoms with van der Waals surface area (Å²) in [5.41, 5.74) is 8.74. The summed E-state index contributed by atoms with van der Waals surface area (Å²) in [6.07, 6.45) is 2.49. The van der Waals surface area contributed by atoms with Gasteiger partial charge in [-0.2, -0.15) is 0 Å². The molecule has 0 aliphatic heterocycles. The average molecular weight is 268 g/mol. The Balaban J connectivity index is 1.76.